The molecule has 0 radical (unpaired) electrons. The highest BCUT2D eigenvalue weighted by Gasteiger charge is 2.10. The van der Waals surface area contributed by atoms with Gasteiger partial charge >= 0.3 is 0 Å². The van der Waals surface area contributed by atoms with Gasteiger partial charge in [0.25, 0.3) is 6.01 Å². The highest BCUT2D eigenvalue weighted by atomic mass is 16.4. The molecule has 0 bridgehead atoms. The second kappa shape index (κ2) is 8.49. The van der Waals surface area contributed by atoms with Crippen LogP contribution in [0.25, 0.3) is 11.3 Å². The van der Waals surface area contributed by atoms with Crippen molar-refractivity contribution in [2.24, 2.45) is 5.92 Å². The molecule has 2 aromatic heterocycles. The summed E-state index contributed by atoms with van der Waals surface area (Å²) in [6.45, 7) is 6.20. The summed E-state index contributed by atoms with van der Waals surface area (Å²) < 4.78 is 5.76. The molecule has 0 aliphatic carbocycles. The van der Waals surface area contributed by atoms with E-state index < -0.39 is 0 Å². The quantitative estimate of drug-likeness (QED) is 0.605. The summed E-state index contributed by atoms with van der Waals surface area (Å²) in [5, 5.41) is 6.12. The van der Waals surface area contributed by atoms with Crippen molar-refractivity contribution in [3.8, 4) is 11.3 Å². The number of carbonyl (C=O) groups is 1. The van der Waals surface area contributed by atoms with Gasteiger partial charge in [-0.3, -0.25) is 9.78 Å². The maximum Gasteiger partial charge on any atom is 0.299 e. The molecule has 1 aromatic carbocycles. The molecular weight excluding hydrogens is 340 g/mol. The molecule has 0 aliphatic rings. The van der Waals surface area contributed by atoms with Gasteiger partial charge in [-0.2, -0.15) is 0 Å². The van der Waals surface area contributed by atoms with Crippen LogP contribution in [0.15, 0.2) is 53.3 Å². The molecule has 27 heavy (non-hydrogen) atoms. The molecule has 0 saturated carbocycles. The third-order valence-electron chi connectivity index (χ3n) is 4.16. The second-order valence-electron chi connectivity index (χ2n) is 6.91. The minimum absolute atomic E-state index is 0.0218. The van der Waals surface area contributed by atoms with Crippen LogP contribution in [-0.2, 0) is 4.79 Å². The lowest BCUT2D eigenvalue weighted by atomic mass is 10.1. The number of hydrogen-bond acceptors (Lipinski definition) is 5. The zero-order valence-corrected chi connectivity index (χ0v) is 15.8. The monoisotopic (exact) mass is 364 g/mol. The van der Waals surface area contributed by atoms with Gasteiger partial charge in [0.15, 0.2) is 5.76 Å². The normalized spacial score (nSPS) is 10.8. The lowest BCUT2D eigenvalue weighted by Gasteiger charge is -2.11. The van der Waals surface area contributed by atoms with Crippen LogP contribution in [-0.4, -0.2) is 15.9 Å². The predicted molar refractivity (Wildman–Crippen MR) is 107 cm³/mol. The van der Waals surface area contributed by atoms with Gasteiger partial charge in [-0.25, -0.2) is 4.98 Å². The number of pyridine rings is 1. The Kier molecular flexibility index (Phi) is 5.86. The van der Waals surface area contributed by atoms with Gasteiger partial charge in [0, 0.05) is 35.8 Å². The smallest absolute Gasteiger partial charge is 0.299 e. The van der Waals surface area contributed by atoms with Gasteiger partial charge in [0.2, 0.25) is 5.91 Å². The van der Waals surface area contributed by atoms with Crippen molar-refractivity contribution in [2.45, 2.75) is 33.6 Å². The molecule has 0 unspecified atom stereocenters. The summed E-state index contributed by atoms with van der Waals surface area (Å²) in [6.07, 6.45) is 6.48. The first kappa shape index (κ1) is 18.6. The van der Waals surface area contributed by atoms with E-state index in [4.69, 9.17) is 4.42 Å². The Morgan fingerprint density at radius 2 is 2.07 bits per heavy atom. The standard InChI is InChI=1S/C21H24N4O2/c1-14(2)6-9-20(26)24-17-8-7-15(3)18(11-17)25-21-23-13-19(27-21)16-5-4-10-22-12-16/h4-5,7-8,10-14H,6,9H2,1-3H3,(H,23,25)(H,24,26). The fraction of sp³-hybridized carbons (Fsp3) is 0.286. The zero-order valence-electron chi connectivity index (χ0n) is 15.8. The molecule has 0 atom stereocenters. The number of rotatable bonds is 7. The Bertz CT molecular complexity index is 904. The summed E-state index contributed by atoms with van der Waals surface area (Å²) in [5.41, 5.74) is 3.46. The van der Waals surface area contributed by atoms with Gasteiger partial charge in [-0.15, -0.1) is 0 Å². The fourth-order valence-corrected chi connectivity index (χ4v) is 2.57. The Balaban J connectivity index is 1.70. The first-order valence-electron chi connectivity index (χ1n) is 9.05. The Morgan fingerprint density at radius 3 is 2.81 bits per heavy atom. The maximum absolute atomic E-state index is 12.1. The van der Waals surface area contributed by atoms with Crippen molar-refractivity contribution >= 4 is 23.3 Å². The lowest BCUT2D eigenvalue weighted by Crippen LogP contribution is -2.12. The average molecular weight is 364 g/mol. The first-order valence-corrected chi connectivity index (χ1v) is 9.05. The number of aryl methyl sites for hydroxylation is 1. The molecule has 2 heterocycles. The van der Waals surface area contributed by atoms with E-state index in [1.807, 2.05) is 37.3 Å². The lowest BCUT2D eigenvalue weighted by molar-refractivity contribution is -0.116. The number of amides is 1. The second-order valence-corrected chi connectivity index (χ2v) is 6.91. The Hall–Kier alpha value is -3.15. The Labute approximate surface area is 159 Å². The maximum atomic E-state index is 12.1. The van der Waals surface area contributed by atoms with Crippen LogP contribution in [0.3, 0.4) is 0 Å². The van der Waals surface area contributed by atoms with E-state index in [9.17, 15) is 4.79 Å². The molecule has 3 rings (SSSR count). The average Bonchev–Trinajstić information content (AvgIpc) is 3.12. The number of oxazole rings is 1. The molecule has 6 nitrogen and oxygen atoms in total. The summed E-state index contributed by atoms with van der Waals surface area (Å²) in [6, 6.07) is 9.88. The van der Waals surface area contributed by atoms with Crippen molar-refractivity contribution in [3.63, 3.8) is 0 Å². The van der Waals surface area contributed by atoms with Crippen LogP contribution in [0.2, 0.25) is 0 Å². The van der Waals surface area contributed by atoms with Crippen LogP contribution in [0.4, 0.5) is 17.4 Å². The van der Waals surface area contributed by atoms with E-state index in [0.29, 0.717) is 24.1 Å². The van der Waals surface area contributed by atoms with Crippen LogP contribution in [0, 0.1) is 12.8 Å². The molecular formula is C21H24N4O2. The topological polar surface area (TPSA) is 80.0 Å². The van der Waals surface area contributed by atoms with Crippen molar-refractivity contribution in [3.05, 3.63) is 54.5 Å². The van der Waals surface area contributed by atoms with Crippen LogP contribution >= 0.6 is 0 Å². The summed E-state index contributed by atoms with van der Waals surface area (Å²) in [5.74, 6) is 1.17. The number of anilines is 3. The fourth-order valence-electron chi connectivity index (χ4n) is 2.57. The van der Waals surface area contributed by atoms with E-state index in [1.165, 1.54) is 0 Å². The van der Waals surface area contributed by atoms with Crippen LogP contribution < -0.4 is 10.6 Å². The highest BCUT2D eigenvalue weighted by molar-refractivity contribution is 5.91. The number of nitrogens with one attached hydrogen (secondary N) is 2. The predicted octanol–water partition coefficient (Wildman–Crippen LogP) is 5.16. The minimum Gasteiger partial charge on any atom is -0.423 e. The molecule has 1 amide bonds. The van der Waals surface area contributed by atoms with Crippen LogP contribution in [0.5, 0.6) is 0 Å². The third-order valence-corrected chi connectivity index (χ3v) is 4.16. The summed E-state index contributed by atoms with van der Waals surface area (Å²) in [4.78, 5) is 20.4. The van der Waals surface area contributed by atoms with Crippen molar-refractivity contribution in [1.29, 1.82) is 0 Å². The molecule has 0 fully saturated rings. The number of carbonyl (C=O) groups excluding carboxylic acids is 1. The van der Waals surface area contributed by atoms with Crippen molar-refractivity contribution < 1.29 is 9.21 Å². The van der Waals surface area contributed by atoms with E-state index in [0.717, 1.165) is 28.9 Å². The molecule has 3 aromatic rings. The molecule has 0 spiro atoms. The molecule has 140 valence electrons. The van der Waals surface area contributed by atoms with Gasteiger partial charge in [0.1, 0.15) is 0 Å². The number of aromatic nitrogens is 2. The molecule has 0 aliphatic heterocycles. The highest BCUT2D eigenvalue weighted by Crippen LogP contribution is 2.27. The van der Waals surface area contributed by atoms with Gasteiger partial charge in [-0.05, 0) is 49.1 Å². The summed E-state index contributed by atoms with van der Waals surface area (Å²) in [7, 11) is 0. The molecule has 2 N–H and O–H groups in total. The number of hydrogen-bond donors (Lipinski definition) is 2. The Morgan fingerprint density at radius 1 is 1.22 bits per heavy atom. The zero-order chi connectivity index (χ0) is 19.2. The largest absolute Gasteiger partial charge is 0.423 e. The van der Waals surface area contributed by atoms with Gasteiger partial charge < -0.3 is 15.1 Å². The van der Waals surface area contributed by atoms with Crippen molar-refractivity contribution in [1.82, 2.24) is 9.97 Å². The van der Waals surface area contributed by atoms with Gasteiger partial charge in [0.05, 0.1) is 6.20 Å². The molecule has 0 saturated heterocycles. The van der Waals surface area contributed by atoms with E-state index in [-0.39, 0.29) is 5.91 Å². The minimum atomic E-state index is 0.0218. The van der Waals surface area contributed by atoms with E-state index in [2.05, 4.69) is 34.4 Å². The van der Waals surface area contributed by atoms with Crippen molar-refractivity contribution in [2.75, 3.05) is 10.6 Å². The third kappa shape index (κ3) is 5.17. The first-order chi connectivity index (χ1) is 13.0. The number of nitrogens with zero attached hydrogens (tertiary/aromatic N) is 2. The van der Waals surface area contributed by atoms with Gasteiger partial charge in [-0.1, -0.05) is 19.9 Å². The SMILES string of the molecule is Cc1ccc(NC(=O)CCC(C)C)cc1Nc1ncc(-c2cccnc2)o1. The summed E-state index contributed by atoms with van der Waals surface area (Å²) >= 11 is 0. The van der Waals surface area contributed by atoms with Crippen LogP contribution in [0.1, 0.15) is 32.3 Å². The van der Waals surface area contributed by atoms with E-state index >= 15 is 0 Å². The van der Waals surface area contributed by atoms with E-state index in [1.54, 1.807) is 18.6 Å². The number of benzene rings is 1. The molecule has 6 heteroatoms.